The third-order valence-corrected chi connectivity index (χ3v) is 7.43. The van der Waals surface area contributed by atoms with Crippen LogP contribution in [0.5, 0.6) is 5.75 Å². The zero-order chi connectivity index (χ0) is 24.0. The normalized spacial score (nSPS) is 13.2. The Kier molecular flexibility index (Phi) is 8.78. The predicted molar refractivity (Wildman–Crippen MR) is 143 cm³/mol. The highest BCUT2D eigenvalue weighted by atomic mass is 16.3. The van der Waals surface area contributed by atoms with Crippen molar-refractivity contribution in [1.82, 2.24) is 0 Å². The fourth-order valence-electron chi connectivity index (χ4n) is 5.66. The molecule has 0 heterocycles. The molecule has 0 aliphatic carbocycles. The van der Waals surface area contributed by atoms with Crippen molar-refractivity contribution in [2.75, 3.05) is 0 Å². The molecule has 2 atom stereocenters. The van der Waals surface area contributed by atoms with E-state index in [0.29, 0.717) is 17.6 Å². The lowest BCUT2D eigenvalue weighted by atomic mass is 9.82. The van der Waals surface area contributed by atoms with E-state index in [1.54, 1.807) is 0 Å². The molecule has 0 aromatic heterocycles. The van der Waals surface area contributed by atoms with Crippen LogP contribution in [0.4, 0.5) is 0 Å². The summed E-state index contributed by atoms with van der Waals surface area (Å²) >= 11 is 0. The third-order valence-electron chi connectivity index (χ3n) is 7.43. The first-order valence-electron chi connectivity index (χ1n) is 13.0. The van der Waals surface area contributed by atoms with E-state index < -0.39 is 0 Å². The lowest BCUT2D eigenvalue weighted by molar-refractivity contribution is 0.464. The van der Waals surface area contributed by atoms with Crippen LogP contribution in [0.1, 0.15) is 97.9 Å². The Bertz CT molecular complexity index is 1060. The minimum absolute atomic E-state index is 0.364. The topological polar surface area (TPSA) is 20.2 Å². The van der Waals surface area contributed by atoms with Gasteiger partial charge in [0.05, 0.1) is 0 Å². The number of rotatable bonds is 10. The summed E-state index contributed by atoms with van der Waals surface area (Å²) in [4.78, 5) is 0. The van der Waals surface area contributed by atoms with E-state index >= 15 is 0 Å². The second-order valence-corrected chi connectivity index (χ2v) is 9.51. The van der Waals surface area contributed by atoms with Crippen LogP contribution in [0.25, 0.3) is 0 Å². The van der Waals surface area contributed by atoms with Crippen LogP contribution in [-0.2, 0) is 38.5 Å². The van der Waals surface area contributed by atoms with Crippen molar-refractivity contribution in [3.8, 4) is 5.75 Å². The quantitative estimate of drug-likeness (QED) is 0.334. The van der Waals surface area contributed by atoms with Crippen molar-refractivity contribution in [3.05, 3.63) is 99.1 Å². The van der Waals surface area contributed by atoms with Crippen LogP contribution in [-0.4, -0.2) is 5.11 Å². The molecule has 3 aromatic rings. The van der Waals surface area contributed by atoms with Gasteiger partial charge in [0, 0.05) is 0 Å². The summed E-state index contributed by atoms with van der Waals surface area (Å²) in [7, 11) is 0. The number of benzene rings is 3. The molecular weight excluding hydrogens is 400 g/mol. The summed E-state index contributed by atoms with van der Waals surface area (Å²) in [6.45, 7) is 13.7. The maximum absolute atomic E-state index is 10.9. The van der Waals surface area contributed by atoms with E-state index in [4.69, 9.17) is 0 Å². The number of aromatic hydroxyl groups is 1. The molecule has 176 valence electrons. The second kappa shape index (κ2) is 11.5. The van der Waals surface area contributed by atoms with Crippen molar-refractivity contribution in [3.63, 3.8) is 0 Å². The van der Waals surface area contributed by atoms with Gasteiger partial charge in [0.2, 0.25) is 0 Å². The average Bonchev–Trinajstić information content (AvgIpc) is 2.84. The highest BCUT2D eigenvalue weighted by Gasteiger charge is 2.19. The molecule has 0 bridgehead atoms. The molecule has 1 N–H and O–H groups in total. The average molecular weight is 443 g/mol. The molecule has 0 saturated heterocycles. The van der Waals surface area contributed by atoms with Gasteiger partial charge in [-0.15, -0.1) is 0 Å². The Morgan fingerprint density at radius 2 is 1.00 bits per heavy atom. The summed E-state index contributed by atoms with van der Waals surface area (Å²) in [5.74, 6) is 1.22. The summed E-state index contributed by atoms with van der Waals surface area (Å²) in [5, 5.41) is 10.9. The molecule has 33 heavy (non-hydrogen) atoms. The molecule has 3 aromatic carbocycles. The molecule has 0 aliphatic rings. The molecule has 0 saturated carbocycles. The fourth-order valence-corrected chi connectivity index (χ4v) is 5.66. The van der Waals surface area contributed by atoms with E-state index in [-0.39, 0.29) is 0 Å². The largest absolute Gasteiger partial charge is 0.508 e. The molecule has 0 amide bonds. The van der Waals surface area contributed by atoms with Gasteiger partial charge in [-0.25, -0.2) is 0 Å². The standard InChI is InChI=1S/C32H42O/c1-7-24-14-11-17-29(27(24)9-3)22(5)20-26-16-13-19-32(33)31(26)21-23(6)30-18-12-15-25(8-2)28(30)10-4/h11-19,22-23,33H,7-10,20-21H2,1-6H3. The smallest absolute Gasteiger partial charge is 0.119 e. The SMILES string of the molecule is CCc1cccc(C(C)Cc2cccc(O)c2CC(C)c2cccc(CC)c2CC)c1CC. The minimum atomic E-state index is 0.364. The Morgan fingerprint density at radius 3 is 1.48 bits per heavy atom. The monoisotopic (exact) mass is 442 g/mol. The van der Waals surface area contributed by atoms with Gasteiger partial charge in [-0.05, 0) is 101 Å². The zero-order valence-electron chi connectivity index (χ0n) is 21.5. The van der Waals surface area contributed by atoms with E-state index in [1.165, 1.54) is 38.9 Å². The summed E-state index contributed by atoms with van der Waals surface area (Å²) in [5.41, 5.74) is 11.2. The summed E-state index contributed by atoms with van der Waals surface area (Å²) in [6, 6.07) is 19.6. The Balaban J connectivity index is 1.92. The highest BCUT2D eigenvalue weighted by molar-refractivity contribution is 5.45. The van der Waals surface area contributed by atoms with Gasteiger partial charge in [0.15, 0.2) is 0 Å². The Hall–Kier alpha value is -2.54. The highest BCUT2D eigenvalue weighted by Crippen LogP contribution is 2.34. The molecule has 3 rings (SSSR count). The predicted octanol–water partition coefficient (Wildman–Crippen LogP) is 8.33. The fraction of sp³-hybridized carbons (Fsp3) is 0.438. The van der Waals surface area contributed by atoms with Crippen molar-refractivity contribution >= 4 is 0 Å². The van der Waals surface area contributed by atoms with Crippen molar-refractivity contribution in [2.24, 2.45) is 0 Å². The van der Waals surface area contributed by atoms with Crippen LogP contribution in [0.15, 0.2) is 54.6 Å². The zero-order valence-corrected chi connectivity index (χ0v) is 21.5. The van der Waals surface area contributed by atoms with Crippen LogP contribution in [0.2, 0.25) is 0 Å². The first kappa shape index (κ1) is 25.1. The summed E-state index contributed by atoms with van der Waals surface area (Å²) in [6.07, 6.45) is 6.09. The van der Waals surface area contributed by atoms with Gasteiger partial charge < -0.3 is 5.11 Å². The molecular formula is C32H42O. The van der Waals surface area contributed by atoms with E-state index in [2.05, 4.69) is 84.0 Å². The van der Waals surface area contributed by atoms with Crippen molar-refractivity contribution < 1.29 is 5.11 Å². The van der Waals surface area contributed by atoms with Crippen molar-refractivity contribution in [2.45, 2.75) is 91.9 Å². The van der Waals surface area contributed by atoms with E-state index in [9.17, 15) is 5.11 Å². The molecule has 0 fully saturated rings. The maximum Gasteiger partial charge on any atom is 0.119 e. The number of aryl methyl sites for hydroxylation is 2. The van der Waals surface area contributed by atoms with Crippen molar-refractivity contribution in [1.29, 1.82) is 0 Å². The van der Waals surface area contributed by atoms with Gasteiger partial charge >= 0.3 is 0 Å². The second-order valence-electron chi connectivity index (χ2n) is 9.51. The van der Waals surface area contributed by atoms with Crippen LogP contribution in [0, 0.1) is 0 Å². The molecule has 0 radical (unpaired) electrons. The lowest BCUT2D eigenvalue weighted by Gasteiger charge is -2.23. The minimum Gasteiger partial charge on any atom is -0.508 e. The van der Waals surface area contributed by atoms with E-state index in [1.807, 2.05) is 12.1 Å². The first-order valence-corrected chi connectivity index (χ1v) is 13.0. The van der Waals surface area contributed by atoms with Crippen LogP contribution >= 0.6 is 0 Å². The Labute approximate surface area is 201 Å². The third kappa shape index (κ3) is 5.52. The van der Waals surface area contributed by atoms with Gasteiger partial charge in [0.25, 0.3) is 0 Å². The van der Waals surface area contributed by atoms with Gasteiger partial charge in [-0.2, -0.15) is 0 Å². The first-order chi connectivity index (χ1) is 15.9. The molecule has 1 heteroatoms. The molecule has 1 nitrogen and oxygen atoms in total. The Morgan fingerprint density at radius 1 is 0.545 bits per heavy atom. The maximum atomic E-state index is 10.9. The number of phenolic OH excluding ortho intramolecular Hbond substituents is 1. The number of phenols is 1. The van der Waals surface area contributed by atoms with E-state index in [0.717, 1.165) is 44.1 Å². The number of hydrogen-bond acceptors (Lipinski definition) is 1. The molecule has 0 spiro atoms. The molecule has 2 unspecified atom stereocenters. The van der Waals surface area contributed by atoms with Crippen LogP contribution in [0.3, 0.4) is 0 Å². The lowest BCUT2D eigenvalue weighted by Crippen LogP contribution is -2.09. The van der Waals surface area contributed by atoms with Gasteiger partial charge in [-0.3, -0.25) is 0 Å². The number of hydrogen-bond donors (Lipinski definition) is 1. The van der Waals surface area contributed by atoms with Crippen LogP contribution < -0.4 is 0 Å². The van der Waals surface area contributed by atoms with Gasteiger partial charge in [-0.1, -0.05) is 90.1 Å². The summed E-state index contributed by atoms with van der Waals surface area (Å²) < 4.78 is 0. The molecule has 0 aliphatic heterocycles. The van der Waals surface area contributed by atoms with Gasteiger partial charge in [0.1, 0.15) is 5.75 Å².